The van der Waals surface area contributed by atoms with Crippen LogP contribution in [0, 0.1) is 0 Å². The maximum absolute atomic E-state index is 14.4. The first kappa shape index (κ1) is 26.3. The van der Waals surface area contributed by atoms with Gasteiger partial charge in [0, 0.05) is 11.6 Å². The first-order valence-corrected chi connectivity index (χ1v) is 12.4. The number of ether oxygens (including phenoxy) is 1. The van der Waals surface area contributed by atoms with E-state index in [0.717, 1.165) is 11.1 Å². The van der Waals surface area contributed by atoms with Gasteiger partial charge in [0.05, 0.1) is 19.3 Å². The van der Waals surface area contributed by atoms with E-state index in [9.17, 15) is 14.7 Å². The van der Waals surface area contributed by atoms with Crippen LogP contribution in [-0.4, -0.2) is 47.1 Å². The van der Waals surface area contributed by atoms with Crippen LogP contribution in [0.25, 0.3) is 6.08 Å². The van der Waals surface area contributed by atoms with Crippen LogP contribution in [0.15, 0.2) is 90.5 Å². The van der Waals surface area contributed by atoms with E-state index < -0.39 is 17.1 Å². The van der Waals surface area contributed by atoms with Gasteiger partial charge in [-0.3, -0.25) is 19.8 Å². The zero-order chi connectivity index (χ0) is 26.6. The Hall–Kier alpha value is -3.74. The molecule has 0 radical (unpaired) electrons. The van der Waals surface area contributed by atoms with Crippen molar-refractivity contribution in [2.75, 3.05) is 13.7 Å². The molecule has 2 amide bonds. The molecule has 0 aliphatic carbocycles. The number of hydrogen-bond donors (Lipinski definition) is 2. The molecule has 1 fully saturated rings. The SMILES string of the molecule is COc1ccc([C@@]2(N[C@H](CO)Cc3ccccc3)C(=O)N(C(C)(C)C)C(=O)/C2=C\c2ccccc2)cc1. The highest BCUT2D eigenvalue weighted by molar-refractivity contribution is 6.22. The average molecular weight is 499 g/mol. The molecule has 6 heteroatoms. The fourth-order valence-corrected chi connectivity index (χ4v) is 4.86. The van der Waals surface area contributed by atoms with Crippen molar-refractivity contribution in [3.8, 4) is 5.75 Å². The highest BCUT2D eigenvalue weighted by Crippen LogP contribution is 2.43. The lowest BCUT2D eigenvalue weighted by molar-refractivity contribution is -0.145. The molecule has 192 valence electrons. The number of nitrogens with zero attached hydrogens (tertiary/aromatic N) is 1. The molecule has 0 unspecified atom stereocenters. The molecule has 2 N–H and O–H groups in total. The molecule has 1 aliphatic heterocycles. The maximum Gasteiger partial charge on any atom is 0.259 e. The van der Waals surface area contributed by atoms with E-state index in [2.05, 4.69) is 5.32 Å². The first-order valence-electron chi connectivity index (χ1n) is 12.4. The van der Waals surface area contributed by atoms with E-state index >= 15 is 0 Å². The van der Waals surface area contributed by atoms with Gasteiger partial charge in [0.25, 0.3) is 11.8 Å². The number of hydrogen-bond acceptors (Lipinski definition) is 5. The van der Waals surface area contributed by atoms with Gasteiger partial charge in [0.1, 0.15) is 5.75 Å². The van der Waals surface area contributed by atoms with Gasteiger partial charge >= 0.3 is 0 Å². The summed E-state index contributed by atoms with van der Waals surface area (Å²) in [6.45, 7) is 5.32. The number of carbonyl (C=O) groups is 2. The second kappa shape index (κ2) is 10.7. The largest absolute Gasteiger partial charge is 0.497 e. The van der Waals surface area contributed by atoms with Crippen molar-refractivity contribution in [1.82, 2.24) is 10.2 Å². The van der Waals surface area contributed by atoms with Crippen molar-refractivity contribution < 1.29 is 19.4 Å². The minimum absolute atomic E-state index is 0.220. The van der Waals surface area contributed by atoms with Crippen LogP contribution in [0.2, 0.25) is 0 Å². The van der Waals surface area contributed by atoms with E-state index in [0.29, 0.717) is 23.3 Å². The molecular formula is C31H34N2O4. The predicted octanol–water partition coefficient (Wildman–Crippen LogP) is 4.33. The Morgan fingerprint density at radius 2 is 1.54 bits per heavy atom. The summed E-state index contributed by atoms with van der Waals surface area (Å²) in [6.07, 6.45) is 2.25. The number of methoxy groups -OCH3 is 1. The summed E-state index contributed by atoms with van der Waals surface area (Å²) >= 11 is 0. The molecule has 3 aromatic carbocycles. The number of nitrogens with one attached hydrogen (secondary N) is 1. The van der Waals surface area contributed by atoms with Gasteiger partial charge in [0.15, 0.2) is 5.54 Å². The molecule has 3 aromatic rings. The number of aliphatic hydroxyl groups excluding tert-OH is 1. The van der Waals surface area contributed by atoms with Gasteiger partial charge in [-0.05, 0) is 62.1 Å². The normalized spacial score (nSPS) is 19.9. The van der Waals surface area contributed by atoms with Crippen molar-refractivity contribution >= 4 is 17.9 Å². The Kier molecular flexibility index (Phi) is 7.62. The third kappa shape index (κ3) is 5.22. The fourth-order valence-electron chi connectivity index (χ4n) is 4.86. The van der Waals surface area contributed by atoms with Crippen LogP contribution in [0.3, 0.4) is 0 Å². The minimum atomic E-state index is -1.51. The number of benzene rings is 3. The lowest BCUT2D eigenvalue weighted by atomic mass is 9.81. The molecule has 0 saturated carbocycles. The molecule has 37 heavy (non-hydrogen) atoms. The molecule has 4 rings (SSSR count). The van der Waals surface area contributed by atoms with Crippen LogP contribution in [-0.2, 0) is 21.5 Å². The molecule has 0 spiro atoms. The molecule has 2 atom stereocenters. The quantitative estimate of drug-likeness (QED) is 0.357. The standard InChI is InChI=1S/C31H34N2O4/c1-30(2,3)33-28(35)27(20-23-13-9-6-10-14-23)31(29(33)36,24-15-17-26(37-4)18-16-24)32-25(21-34)19-22-11-7-5-8-12-22/h5-18,20,25,32,34H,19,21H2,1-4H3/b27-20+/t25-,31-/m0/s1. The summed E-state index contributed by atoms with van der Waals surface area (Å²) in [5.74, 6) is -0.0927. The van der Waals surface area contributed by atoms with E-state index in [4.69, 9.17) is 4.74 Å². The van der Waals surface area contributed by atoms with Crippen molar-refractivity contribution in [1.29, 1.82) is 0 Å². The number of carbonyl (C=O) groups excluding carboxylic acids is 2. The summed E-state index contributed by atoms with van der Waals surface area (Å²) in [6, 6.07) is 25.9. The third-order valence-electron chi connectivity index (χ3n) is 6.63. The van der Waals surface area contributed by atoms with E-state index in [-0.39, 0.29) is 18.4 Å². The van der Waals surface area contributed by atoms with E-state index in [1.165, 1.54) is 4.90 Å². The second-order valence-corrected chi connectivity index (χ2v) is 10.3. The number of likely N-dealkylation sites (tertiary alicyclic amines) is 1. The maximum atomic E-state index is 14.4. The molecule has 0 aromatic heterocycles. The van der Waals surface area contributed by atoms with Crippen molar-refractivity contribution in [3.63, 3.8) is 0 Å². The summed E-state index contributed by atoms with van der Waals surface area (Å²) in [4.78, 5) is 29.8. The second-order valence-electron chi connectivity index (χ2n) is 10.3. The Bertz CT molecular complexity index is 1260. The lowest BCUT2D eigenvalue weighted by Crippen LogP contribution is -2.57. The van der Waals surface area contributed by atoms with Gasteiger partial charge in [-0.25, -0.2) is 0 Å². The van der Waals surface area contributed by atoms with Gasteiger partial charge in [-0.15, -0.1) is 0 Å². The monoisotopic (exact) mass is 498 g/mol. The molecule has 0 bridgehead atoms. The Morgan fingerprint density at radius 3 is 2.08 bits per heavy atom. The summed E-state index contributed by atoms with van der Waals surface area (Å²) < 4.78 is 5.35. The molecule has 6 nitrogen and oxygen atoms in total. The molecular weight excluding hydrogens is 464 g/mol. The first-order chi connectivity index (χ1) is 17.7. The predicted molar refractivity (Wildman–Crippen MR) is 145 cm³/mol. The van der Waals surface area contributed by atoms with Gasteiger partial charge in [-0.1, -0.05) is 72.8 Å². The molecule has 1 aliphatic rings. The molecule has 1 heterocycles. The zero-order valence-corrected chi connectivity index (χ0v) is 21.8. The van der Waals surface area contributed by atoms with Gasteiger partial charge in [-0.2, -0.15) is 0 Å². The number of imide groups is 1. The van der Waals surface area contributed by atoms with E-state index in [1.54, 1.807) is 37.5 Å². The highest BCUT2D eigenvalue weighted by Gasteiger charge is 2.59. The van der Waals surface area contributed by atoms with Gasteiger partial charge < -0.3 is 9.84 Å². The number of rotatable bonds is 8. The van der Waals surface area contributed by atoms with Crippen LogP contribution in [0.1, 0.15) is 37.5 Å². The third-order valence-corrected chi connectivity index (χ3v) is 6.63. The van der Waals surface area contributed by atoms with Gasteiger partial charge in [0.2, 0.25) is 0 Å². The topological polar surface area (TPSA) is 78.9 Å². The minimum Gasteiger partial charge on any atom is -0.497 e. The van der Waals surface area contributed by atoms with Crippen LogP contribution in [0.4, 0.5) is 0 Å². The van der Waals surface area contributed by atoms with Crippen molar-refractivity contribution in [2.45, 2.75) is 44.3 Å². The highest BCUT2D eigenvalue weighted by atomic mass is 16.5. The lowest BCUT2D eigenvalue weighted by Gasteiger charge is -2.36. The van der Waals surface area contributed by atoms with Crippen LogP contribution < -0.4 is 10.1 Å². The Labute approximate surface area is 218 Å². The smallest absolute Gasteiger partial charge is 0.259 e. The Morgan fingerprint density at radius 1 is 0.946 bits per heavy atom. The fraction of sp³-hybridized carbons (Fsp3) is 0.290. The summed E-state index contributed by atoms with van der Waals surface area (Å²) in [5.41, 5.74) is 0.472. The number of aliphatic hydroxyl groups is 1. The van der Waals surface area contributed by atoms with E-state index in [1.807, 2.05) is 81.4 Å². The van der Waals surface area contributed by atoms with Crippen molar-refractivity contribution in [2.24, 2.45) is 0 Å². The van der Waals surface area contributed by atoms with Crippen LogP contribution in [0.5, 0.6) is 5.75 Å². The van der Waals surface area contributed by atoms with Crippen molar-refractivity contribution in [3.05, 3.63) is 107 Å². The number of amides is 2. The average Bonchev–Trinajstić information content (AvgIpc) is 3.11. The zero-order valence-electron chi connectivity index (χ0n) is 21.8. The van der Waals surface area contributed by atoms with Crippen LogP contribution >= 0.6 is 0 Å². The summed E-state index contributed by atoms with van der Waals surface area (Å²) in [5, 5.41) is 13.9. The Balaban J connectivity index is 1.93. The summed E-state index contributed by atoms with van der Waals surface area (Å²) in [7, 11) is 1.58. The molecule has 1 saturated heterocycles.